The molecule has 3 N–H and O–H groups in total. The van der Waals surface area contributed by atoms with Crippen LogP contribution in [-0.2, 0) is 94.9 Å². The lowest BCUT2D eigenvalue weighted by atomic mass is 10.0. The van der Waals surface area contributed by atoms with Gasteiger partial charge in [-0.3, -0.25) is 4.79 Å². The van der Waals surface area contributed by atoms with E-state index in [0.717, 1.165) is 89.6 Å². The van der Waals surface area contributed by atoms with Gasteiger partial charge in [-0.05, 0) is 183 Å². The van der Waals surface area contributed by atoms with Crippen molar-refractivity contribution in [2.24, 2.45) is 0 Å². The normalized spacial score (nSPS) is 13.7. The highest BCUT2D eigenvalue weighted by atomic mass is 16.6. The zero-order chi connectivity index (χ0) is 102. The second kappa shape index (κ2) is 107. The number of esters is 1. The van der Waals surface area contributed by atoms with Crippen LogP contribution in [-0.4, -0.2) is 279 Å². The highest BCUT2D eigenvalue weighted by molar-refractivity contribution is 5.87. The summed E-state index contributed by atoms with van der Waals surface area (Å²) in [5, 5.41) is 26.3. The van der Waals surface area contributed by atoms with Gasteiger partial charge in [0.05, 0.1) is 204 Å². The molecule has 0 aliphatic rings. The first-order valence-electron chi connectivity index (χ1n) is 54.3. The van der Waals surface area contributed by atoms with Crippen molar-refractivity contribution < 1.29 is 124 Å². The van der Waals surface area contributed by atoms with Gasteiger partial charge in [-0.15, -0.1) is 0 Å². The maximum Gasteiger partial charge on any atom is 0.335 e. The predicted octanol–water partition coefficient (Wildman–Crippen LogP) is 25.2. The summed E-state index contributed by atoms with van der Waals surface area (Å²) >= 11 is 0. The van der Waals surface area contributed by atoms with E-state index in [1.54, 1.807) is 33.3 Å². The number of hydrogen-bond acceptors (Lipinski definition) is 24. The Balaban J connectivity index is -0.00000168. The molecule has 814 valence electrons. The zero-order valence-corrected chi connectivity index (χ0v) is 91.0. The Labute approximate surface area is 841 Å². The van der Waals surface area contributed by atoms with Crippen molar-refractivity contribution in [3.8, 4) is 11.5 Å². The van der Waals surface area contributed by atoms with Gasteiger partial charge in [0.25, 0.3) is 0 Å². The minimum absolute atomic E-state index is 0.00838. The molecule has 26 heteroatoms. The Morgan fingerprint density at radius 1 is 0.304 bits per heavy atom. The number of aliphatic hydroxyl groups excluding tert-OH is 1. The molecule has 0 aliphatic carbocycles. The zero-order valence-electron chi connectivity index (χ0n) is 91.0. The highest BCUT2D eigenvalue weighted by Crippen LogP contribution is 2.22. The number of carbonyl (C=O) groups excluding carboxylic acids is 1. The average Bonchev–Trinajstić information content (AvgIpc) is 0.901. The third kappa shape index (κ3) is 100. The lowest BCUT2D eigenvalue weighted by Crippen LogP contribution is -2.28. The minimum Gasteiger partial charge on any atom is -0.491 e. The fourth-order valence-corrected chi connectivity index (χ4v) is 14.9. The van der Waals surface area contributed by atoms with Gasteiger partial charge in [-0.25, -0.2) is 9.59 Å². The molecule has 0 fully saturated rings. The van der Waals surface area contributed by atoms with Crippen molar-refractivity contribution in [1.82, 2.24) is 0 Å². The molecular weight excluding hydrogens is 1760 g/mol. The summed E-state index contributed by atoms with van der Waals surface area (Å²) < 4.78 is 112. The number of aromatic carboxylic acids is 1. The lowest BCUT2D eigenvalue weighted by Gasteiger charge is -2.25. The number of unbranched alkanes of at least 4 members (excludes halogenated alkanes) is 28. The predicted molar refractivity (Wildman–Crippen MR) is 559 cm³/mol. The maximum absolute atomic E-state index is 11.1. The molecule has 0 aliphatic heterocycles. The van der Waals surface area contributed by atoms with E-state index < -0.39 is 17.9 Å². The summed E-state index contributed by atoms with van der Waals surface area (Å²) in [6.45, 7) is 49.2. The first kappa shape index (κ1) is 138. The number of para-hydroxylation sites is 1. The van der Waals surface area contributed by atoms with Crippen molar-refractivity contribution in [2.45, 2.75) is 447 Å². The van der Waals surface area contributed by atoms with Gasteiger partial charge in [0, 0.05) is 39.6 Å². The molecule has 26 nitrogen and oxygen atoms in total. The van der Waals surface area contributed by atoms with Gasteiger partial charge in [0.1, 0.15) is 31.3 Å². The molecule has 0 aromatic heterocycles. The topological polar surface area (TPSA) is 296 Å². The van der Waals surface area contributed by atoms with Crippen molar-refractivity contribution >= 4 is 17.9 Å². The van der Waals surface area contributed by atoms with E-state index in [4.69, 9.17) is 110 Å². The minimum atomic E-state index is -0.958. The standard InChI is InChI=1S/C29H58O5.C27H56O4.C25H42O8.C17H28O4.C14H26O5/c1-4-6-7-8-9-10-11-12-13-14-15-16-17-18-19-20-22-32-24-25-33-27(3)26-28(5-2)34-23-21-29(30)31;1-5-7-8-9-10-11-12-13-14-15-16-17-18-19-20-29-22-24-31-27(6-2)25-26(3)30-23-21-28-4;1-6-28-11-12-33-24(17-20(4)30-14-13-29-19(2)3)18-21(5)31-15-16-32-23-9-7-22(8-10-23)25(26)27;1-4-16(14-15(2)19-11-10-18-3)20-12-13-21-17-8-6-5-7-9-17;1-5-13(10-12(4)17-7-6-15)18-8-9-19-14(16)11(2)3/h27-28H,4-26H2,1-3H3,(H,30,31);26-27H,5-25H2,1-4H3;7-10,19-21,24H,6,11-18H2,1-5H3,(H,26,27);5-9,15-16H,4,10-14H2,1-3H3;12-13,15H,2,5-10H2,1,3-4H3. The molecule has 0 saturated heterocycles. The Kier molecular flexibility index (Phi) is 106. The lowest BCUT2D eigenvalue weighted by molar-refractivity contribution is -0.141. The largest absolute Gasteiger partial charge is 0.491 e. The summed E-state index contributed by atoms with van der Waals surface area (Å²) in [4.78, 5) is 32.6. The monoisotopic (exact) mass is 1970 g/mol. The Bertz CT molecular complexity index is 2810. The summed E-state index contributed by atoms with van der Waals surface area (Å²) in [7, 11) is 3.38. The Morgan fingerprint density at radius 2 is 0.594 bits per heavy atom. The van der Waals surface area contributed by atoms with Crippen LogP contribution in [0.3, 0.4) is 0 Å². The number of methoxy groups -OCH3 is 2. The molecule has 2 aromatic rings. The van der Waals surface area contributed by atoms with Gasteiger partial charge in [0.2, 0.25) is 0 Å². The summed E-state index contributed by atoms with van der Waals surface area (Å²) in [5.74, 6) is -0.677. The van der Waals surface area contributed by atoms with Gasteiger partial charge in [0.15, 0.2) is 0 Å². The number of hydrogen-bond donors (Lipinski definition) is 3. The van der Waals surface area contributed by atoms with Gasteiger partial charge >= 0.3 is 17.9 Å². The summed E-state index contributed by atoms with van der Waals surface area (Å²) in [5.41, 5.74) is 0.617. The van der Waals surface area contributed by atoms with Crippen LogP contribution in [0.25, 0.3) is 0 Å². The van der Waals surface area contributed by atoms with E-state index in [9.17, 15) is 14.4 Å². The van der Waals surface area contributed by atoms with Crippen molar-refractivity contribution in [3.63, 3.8) is 0 Å². The number of carbonyl (C=O) groups is 3. The molecule has 0 saturated carbocycles. The van der Waals surface area contributed by atoms with Crippen LogP contribution in [0.1, 0.15) is 384 Å². The smallest absolute Gasteiger partial charge is 0.335 e. The van der Waals surface area contributed by atoms with Gasteiger partial charge < -0.3 is 110 Å². The Hall–Kier alpha value is -4.53. The van der Waals surface area contributed by atoms with Crippen LogP contribution in [0.2, 0.25) is 0 Å². The fraction of sp³-hybridized carbons (Fsp3) is 0.848. The fourth-order valence-electron chi connectivity index (χ4n) is 14.9. The molecule has 11 atom stereocenters. The third-order valence-electron chi connectivity index (χ3n) is 23.0. The number of rotatable bonds is 97. The van der Waals surface area contributed by atoms with Crippen LogP contribution >= 0.6 is 0 Å². The number of carboxylic acids is 2. The number of aliphatic hydroxyl groups is 1. The second-order valence-corrected chi connectivity index (χ2v) is 36.4. The van der Waals surface area contributed by atoms with Gasteiger partial charge in [-0.2, -0.15) is 0 Å². The quantitative estimate of drug-likeness (QED) is 0.0315. The van der Waals surface area contributed by atoms with E-state index in [0.29, 0.717) is 137 Å². The van der Waals surface area contributed by atoms with Crippen LogP contribution < -0.4 is 9.47 Å². The van der Waals surface area contributed by atoms with Crippen molar-refractivity contribution in [3.05, 3.63) is 72.3 Å². The van der Waals surface area contributed by atoms with Crippen molar-refractivity contribution in [1.29, 1.82) is 0 Å². The molecule has 138 heavy (non-hydrogen) atoms. The molecule has 0 bridgehead atoms. The molecule has 0 spiro atoms. The number of carboxylic acid groups (broad SMARTS) is 2. The first-order chi connectivity index (χ1) is 66.9. The number of benzene rings is 2. The van der Waals surface area contributed by atoms with E-state index in [2.05, 4.69) is 55.0 Å². The van der Waals surface area contributed by atoms with E-state index >= 15 is 0 Å². The molecule has 2 aromatic carbocycles. The summed E-state index contributed by atoms with van der Waals surface area (Å²) in [6.07, 6.45) is 51.6. The molecule has 2 rings (SSSR count). The summed E-state index contributed by atoms with van der Waals surface area (Å²) in [6, 6.07) is 16.1. The van der Waals surface area contributed by atoms with Crippen LogP contribution in [0.5, 0.6) is 11.5 Å². The third-order valence-corrected chi connectivity index (χ3v) is 23.0. The van der Waals surface area contributed by atoms with E-state index in [1.807, 2.05) is 85.7 Å². The number of aliphatic carboxylic acids is 1. The molecular formula is C112H210O26. The molecule has 0 radical (unpaired) electrons. The van der Waals surface area contributed by atoms with E-state index in [1.165, 1.54) is 198 Å². The Morgan fingerprint density at radius 3 is 0.928 bits per heavy atom. The molecule has 0 heterocycles. The van der Waals surface area contributed by atoms with Crippen LogP contribution in [0.4, 0.5) is 0 Å². The molecule has 11 unspecified atom stereocenters. The first-order valence-corrected chi connectivity index (χ1v) is 54.3. The van der Waals surface area contributed by atoms with Crippen LogP contribution in [0.15, 0.2) is 66.7 Å². The van der Waals surface area contributed by atoms with Gasteiger partial charge in [-0.1, -0.05) is 246 Å². The SMILES string of the molecule is C=C(C)C(=O)OCCOC(CC)CC(C)OCCO.CCC(CC(C)OCCOC)OCCOc1ccccc1.CCCCCCCCCCCCCCCCCCOCCOC(C)CC(CC)OCCC(=O)O.CCCCCCCCCCCCCCCCOCCOC(CC)CC(C)OCCOC.CCOCCOC(CC(C)OCCOc1ccc(C(=O)O)cc1)CC(C)OCCOC(C)C. The second-order valence-electron chi connectivity index (χ2n) is 36.4. The maximum atomic E-state index is 11.1. The van der Waals surface area contributed by atoms with Crippen LogP contribution in [0, 0.1) is 0 Å². The van der Waals surface area contributed by atoms with Crippen molar-refractivity contribution in [2.75, 3.05) is 173 Å². The number of ether oxygens (including phenoxy) is 20. The highest BCUT2D eigenvalue weighted by Gasteiger charge is 2.21. The van der Waals surface area contributed by atoms with E-state index in [-0.39, 0.29) is 105 Å². The molecule has 0 amide bonds. The average molecular weight is 1970 g/mol.